The molecule has 0 aliphatic carbocycles. The Bertz CT molecular complexity index is 403. The quantitative estimate of drug-likeness (QED) is 0.658. The molecular weight excluding hydrogens is 230 g/mol. The van der Waals surface area contributed by atoms with Gasteiger partial charge in [0.1, 0.15) is 0 Å². The maximum Gasteiger partial charge on any atom is 0.0677 e. The van der Waals surface area contributed by atoms with E-state index in [1.807, 2.05) is 6.07 Å². The maximum atomic E-state index is 6.00. The number of anilines is 1. The molecule has 1 aromatic rings. The summed E-state index contributed by atoms with van der Waals surface area (Å²) < 4.78 is 5.97. The average Bonchev–Trinajstić information content (AvgIpc) is 2.57. The third-order valence-electron chi connectivity index (χ3n) is 3.14. The van der Waals surface area contributed by atoms with Crippen molar-refractivity contribution >= 4 is 17.4 Å². The molecule has 1 aromatic carbocycles. The van der Waals surface area contributed by atoms with Gasteiger partial charge >= 0.3 is 0 Å². The van der Waals surface area contributed by atoms with E-state index < -0.39 is 0 Å². The van der Waals surface area contributed by atoms with Crippen molar-refractivity contribution in [3.63, 3.8) is 0 Å². The average molecular weight is 251 g/mol. The highest BCUT2D eigenvalue weighted by molar-refractivity contribution is 7.99. The van der Waals surface area contributed by atoms with Crippen LogP contribution < -0.4 is 5.73 Å². The Morgan fingerprint density at radius 3 is 2.82 bits per heavy atom. The van der Waals surface area contributed by atoms with Crippen molar-refractivity contribution in [3.8, 4) is 0 Å². The lowest BCUT2D eigenvalue weighted by molar-refractivity contribution is -0.00466. The summed E-state index contributed by atoms with van der Waals surface area (Å²) in [7, 11) is 0. The van der Waals surface area contributed by atoms with E-state index in [0.717, 1.165) is 24.3 Å². The minimum Gasteiger partial charge on any atom is -0.398 e. The van der Waals surface area contributed by atoms with Crippen molar-refractivity contribution in [2.75, 3.05) is 11.5 Å². The number of hydrogen-bond donors (Lipinski definition) is 1. The van der Waals surface area contributed by atoms with Gasteiger partial charge < -0.3 is 10.5 Å². The molecule has 17 heavy (non-hydrogen) atoms. The number of aryl methyl sites for hydroxylation is 1. The molecule has 0 amide bonds. The highest BCUT2D eigenvalue weighted by Gasteiger charge is 2.31. The highest BCUT2D eigenvalue weighted by Crippen LogP contribution is 2.34. The van der Waals surface area contributed by atoms with Gasteiger partial charge in [-0.3, -0.25) is 0 Å². The molecule has 0 bridgehead atoms. The Hall–Kier alpha value is -0.670. The lowest BCUT2D eigenvalue weighted by Gasteiger charge is -2.19. The van der Waals surface area contributed by atoms with Crippen molar-refractivity contribution in [1.29, 1.82) is 0 Å². The van der Waals surface area contributed by atoms with Crippen LogP contribution in [-0.4, -0.2) is 17.5 Å². The van der Waals surface area contributed by atoms with Crippen molar-refractivity contribution in [2.24, 2.45) is 0 Å². The smallest absolute Gasteiger partial charge is 0.0677 e. The van der Waals surface area contributed by atoms with Gasteiger partial charge in [-0.05, 0) is 51.3 Å². The molecule has 1 fully saturated rings. The first-order valence-electron chi connectivity index (χ1n) is 6.13. The SMILES string of the molecule is Cc1ccc(SCC2CCC(C)(C)O2)c(N)c1. The van der Waals surface area contributed by atoms with Crippen molar-refractivity contribution < 1.29 is 4.74 Å². The Morgan fingerprint density at radius 1 is 1.47 bits per heavy atom. The van der Waals surface area contributed by atoms with Gasteiger partial charge in [0, 0.05) is 16.3 Å². The van der Waals surface area contributed by atoms with Crippen LogP contribution in [-0.2, 0) is 4.74 Å². The van der Waals surface area contributed by atoms with E-state index >= 15 is 0 Å². The molecule has 0 aromatic heterocycles. The topological polar surface area (TPSA) is 35.2 Å². The molecule has 1 atom stereocenters. The summed E-state index contributed by atoms with van der Waals surface area (Å²) in [5, 5.41) is 0. The van der Waals surface area contributed by atoms with Crippen LogP contribution in [0.25, 0.3) is 0 Å². The summed E-state index contributed by atoms with van der Waals surface area (Å²) in [6, 6.07) is 6.25. The Morgan fingerprint density at radius 2 is 2.24 bits per heavy atom. The zero-order valence-corrected chi connectivity index (χ0v) is 11.6. The van der Waals surface area contributed by atoms with Crippen molar-refractivity contribution in [3.05, 3.63) is 23.8 Å². The van der Waals surface area contributed by atoms with Gasteiger partial charge in [0.05, 0.1) is 11.7 Å². The van der Waals surface area contributed by atoms with Gasteiger partial charge in [0.15, 0.2) is 0 Å². The van der Waals surface area contributed by atoms with Crippen molar-refractivity contribution in [2.45, 2.75) is 50.2 Å². The first kappa shape index (κ1) is 12.8. The second-order valence-corrected chi connectivity index (χ2v) is 6.45. The van der Waals surface area contributed by atoms with Crippen LogP contribution in [0.4, 0.5) is 5.69 Å². The molecule has 1 saturated heterocycles. The largest absolute Gasteiger partial charge is 0.398 e. The number of rotatable bonds is 3. The van der Waals surface area contributed by atoms with Crippen LogP contribution in [0.1, 0.15) is 32.3 Å². The molecule has 2 rings (SSSR count). The summed E-state index contributed by atoms with van der Waals surface area (Å²) in [5.41, 5.74) is 8.15. The van der Waals surface area contributed by atoms with Crippen LogP contribution >= 0.6 is 11.8 Å². The van der Waals surface area contributed by atoms with Crippen molar-refractivity contribution in [1.82, 2.24) is 0 Å². The molecule has 1 heterocycles. The number of benzene rings is 1. The second kappa shape index (κ2) is 4.91. The van der Waals surface area contributed by atoms with E-state index in [0.29, 0.717) is 6.10 Å². The fourth-order valence-corrected chi connectivity index (χ4v) is 3.17. The van der Waals surface area contributed by atoms with E-state index in [1.54, 1.807) is 11.8 Å². The molecule has 1 unspecified atom stereocenters. The lowest BCUT2D eigenvalue weighted by Crippen LogP contribution is -2.21. The number of hydrogen-bond acceptors (Lipinski definition) is 3. The molecule has 0 spiro atoms. The summed E-state index contributed by atoms with van der Waals surface area (Å²) >= 11 is 1.80. The van der Waals surface area contributed by atoms with E-state index in [2.05, 4.69) is 32.9 Å². The minimum atomic E-state index is 0.0596. The van der Waals surface area contributed by atoms with Crippen LogP contribution in [0.15, 0.2) is 23.1 Å². The summed E-state index contributed by atoms with van der Waals surface area (Å²) in [6.45, 7) is 6.39. The summed E-state index contributed by atoms with van der Waals surface area (Å²) in [5.74, 6) is 0.997. The third-order valence-corrected chi connectivity index (χ3v) is 4.37. The molecule has 2 N–H and O–H groups in total. The molecule has 0 saturated carbocycles. The van der Waals surface area contributed by atoms with Crippen LogP contribution in [0.5, 0.6) is 0 Å². The number of thioether (sulfide) groups is 1. The predicted molar refractivity (Wildman–Crippen MR) is 74.5 cm³/mol. The molecule has 1 aliphatic heterocycles. The second-order valence-electron chi connectivity index (χ2n) is 5.39. The fraction of sp³-hybridized carbons (Fsp3) is 0.571. The van der Waals surface area contributed by atoms with Gasteiger partial charge in [-0.15, -0.1) is 11.8 Å². The molecule has 2 nitrogen and oxygen atoms in total. The molecule has 94 valence electrons. The molecule has 3 heteroatoms. The van der Waals surface area contributed by atoms with Crippen LogP contribution in [0.2, 0.25) is 0 Å². The summed E-state index contributed by atoms with van der Waals surface area (Å²) in [6.07, 6.45) is 2.68. The van der Waals surface area contributed by atoms with E-state index in [-0.39, 0.29) is 5.60 Å². The Labute approximate surface area is 108 Å². The summed E-state index contributed by atoms with van der Waals surface area (Å²) in [4.78, 5) is 1.17. The van der Waals surface area contributed by atoms with E-state index in [1.165, 1.54) is 10.5 Å². The normalized spacial score (nSPS) is 22.9. The predicted octanol–water partition coefficient (Wildman–Crippen LogP) is 3.63. The first-order valence-corrected chi connectivity index (χ1v) is 7.11. The minimum absolute atomic E-state index is 0.0596. The first-order chi connectivity index (χ1) is 7.96. The van der Waals surface area contributed by atoms with Gasteiger partial charge in [0.2, 0.25) is 0 Å². The highest BCUT2D eigenvalue weighted by atomic mass is 32.2. The van der Waals surface area contributed by atoms with Gasteiger partial charge in [-0.1, -0.05) is 6.07 Å². The monoisotopic (exact) mass is 251 g/mol. The molecule has 0 radical (unpaired) electrons. The fourth-order valence-electron chi connectivity index (χ4n) is 2.18. The lowest BCUT2D eigenvalue weighted by atomic mass is 10.1. The molecule has 1 aliphatic rings. The van der Waals surface area contributed by atoms with Gasteiger partial charge in [-0.25, -0.2) is 0 Å². The number of nitrogens with two attached hydrogens (primary N) is 1. The number of nitrogen functional groups attached to an aromatic ring is 1. The zero-order chi connectivity index (χ0) is 12.5. The Kier molecular flexibility index (Phi) is 3.69. The van der Waals surface area contributed by atoms with E-state index in [4.69, 9.17) is 10.5 Å². The third kappa shape index (κ3) is 3.39. The number of ether oxygens (including phenoxy) is 1. The van der Waals surface area contributed by atoms with Crippen LogP contribution in [0.3, 0.4) is 0 Å². The van der Waals surface area contributed by atoms with Crippen LogP contribution in [0, 0.1) is 6.92 Å². The maximum absolute atomic E-state index is 6.00. The van der Waals surface area contributed by atoms with E-state index in [9.17, 15) is 0 Å². The molecular formula is C14H21NOS. The zero-order valence-electron chi connectivity index (χ0n) is 10.8. The van der Waals surface area contributed by atoms with Gasteiger partial charge in [0.25, 0.3) is 0 Å². The van der Waals surface area contributed by atoms with Gasteiger partial charge in [-0.2, -0.15) is 0 Å². The Balaban J connectivity index is 1.90. The standard InChI is InChI=1S/C14H21NOS/c1-10-4-5-13(12(15)8-10)17-9-11-6-7-14(2,3)16-11/h4-5,8,11H,6-7,9,15H2,1-3H3.